The van der Waals surface area contributed by atoms with E-state index in [2.05, 4.69) is 41.5 Å². The van der Waals surface area contributed by atoms with Gasteiger partial charge in [0.05, 0.1) is 26.4 Å². The molecule has 6 aliphatic heterocycles. The lowest BCUT2D eigenvalue weighted by Crippen LogP contribution is -2.44. The first kappa shape index (κ1) is 56.6. The van der Waals surface area contributed by atoms with Crippen molar-refractivity contribution in [3.63, 3.8) is 0 Å². The van der Waals surface area contributed by atoms with Gasteiger partial charge in [0.25, 0.3) is 0 Å². The van der Waals surface area contributed by atoms with E-state index in [1.54, 1.807) is 12.4 Å². The molecule has 2 N–H and O–H groups in total. The summed E-state index contributed by atoms with van der Waals surface area (Å²) in [6, 6.07) is 26.6. The number of phenolic OH excluding ortho intramolecular Hbond substituents is 2. The van der Waals surface area contributed by atoms with Crippen molar-refractivity contribution in [2.45, 2.75) is 218 Å². The number of nitrogens with zero attached hydrogens (tertiary/aromatic N) is 2. The highest BCUT2D eigenvalue weighted by Crippen LogP contribution is 2.46. The van der Waals surface area contributed by atoms with Gasteiger partial charge in [0.2, 0.25) is 0 Å². The highest BCUT2D eigenvalue weighted by Gasteiger charge is 2.60. The third-order valence-corrected chi connectivity index (χ3v) is 15.1. The molecule has 0 amide bonds. The number of benzene rings is 4. The van der Waals surface area contributed by atoms with E-state index in [-0.39, 0.29) is 24.7 Å². The van der Waals surface area contributed by atoms with Gasteiger partial charge >= 0.3 is 0 Å². The summed E-state index contributed by atoms with van der Waals surface area (Å²) in [7, 11) is 0. The van der Waals surface area contributed by atoms with Crippen molar-refractivity contribution in [2.24, 2.45) is 9.98 Å². The normalized spacial score (nSPS) is 30.8. The van der Waals surface area contributed by atoms with Crippen LogP contribution in [0.15, 0.2) is 94.9 Å². The van der Waals surface area contributed by atoms with Crippen LogP contribution in [0.1, 0.15) is 154 Å². The quantitative estimate of drug-likeness (QED) is 0.108. The predicted octanol–water partition coefficient (Wildman–Crippen LogP) is 10.5. The van der Waals surface area contributed by atoms with Gasteiger partial charge in [-0.2, -0.15) is 0 Å². The van der Waals surface area contributed by atoms with Crippen LogP contribution in [0.4, 0.5) is 0 Å². The zero-order chi connectivity index (χ0) is 55.7. The van der Waals surface area contributed by atoms with Gasteiger partial charge in [-0.1, -0.05) is 102 Å². The van der Waals surface area contributed by atoms with Crippen LogP contribution in [-0.2, 0) is 80.9 Å². The highest BCUT2D eigenvalue weighted by atomic mass is 16.9. The first-order valence-corrected chi connectivity index (χ1v) is 27.4. The molecule has 0 saturated carbocycles. The molecule has 0 spiro atoms. The maximum atomic E-state index is 12.1. The van der Waals surface area contributed by atoms with Gasteiger partial charge < -0.3 is 67.1 Å². The topological polar surface area (TPSA) is 176 Å². The van der Waals surface area contributed by atoms with Crippen molar-refractivity contribution in [3.05, 3.63) is 129 Å². The Kier molecular flexibility index (Phi) is 15.5. The van der Waals surface area contributed by atoms with E-state index in [4.69, 9.17) is 66.8 Å². The van der Waals surface area contributed by atoms with Gasteiger partial charge in [0.15, 0.2) is 35.7 Å². The van der Waals surface area contributed by atoms with Crippen LogP contribution < -0.4 is 0 Å². The van der Waals surface area contributed by atoms with Crippen molar-refractivity contribution in [3.8, 4) is 11.5 Å². The fourth-order valence-electron chi connectivity index (χ4n) is 11.4. The van der Waals surface area contributed by atoms with E-state index < -0.39 is 107 Å². The summed E-state index contributed by atoms with van der Waals surface area (Å²) in [6.07, 6.45) is -1.75. The van der Waals surface area contributed by atoms with Crippen molar-refractivity contribution >= 4 is 12.4 Å². The Bertz CT molecular complexity index is 2630. The zero-order valence-corrected chi connectivity index (χ0v) is 47.7. The molecule has 4 aromatic carbocycles. The van der Waals surface area contributed by atoms with E-state index >= 15 is 0 Å². The average Bonchev–Trinajstić information content (AvgIpc) is 4.32. The number of phenols is 2. The maximum absolute atomic E-state index is 12.1. The van der Waals surface area contributed by atoms with Crippen molar-refractivity contribution in [1.82, 2.24) is 0 Å². The first-order valence-electron chi connectivity index (χ1n) is 27.4. The Morgan fingerprint density at radius 1 is 0.513 bits per heavy atom. The third-order valence-electron chi connectivity index (χ3n) is 15.1. The molecular formula is C62H80N2O14. The molecule has 16 heteroatoms. The maximum Gasteiger partial charge on any atom is 0.190 e. The lowest BCUT2D eigenvalue weighted by Gasteiger charge is -2.29. The lowest BCUT2D eigenvalue weighted by atomic mass is 9.84. The van der Waals surface area contributed by atoms with E-state index in [9.17, 15) is 10.2 Å². The van der Waals surface area contributed by atoms with E-state index in [0.717, 1.165) is 33.4 Å². The second kappa shape index (κ2) is 21.3. The molecule has 0 radical (unpaired) electrons. The molecule has 4 aromatic rings. The van der Waals surface area contributed by atoms with E-state index in [1.165, 1.54) is 0 Å². The van der Waals surface area contributed by atoms with Crippen LogP contribution in [0.5, 0.6) is 11.5 Å². The first-order chi connectivity index (χ1) is 36.6. The molecule has 78 heavy (non-hydrogen) atoms. The number of rotatable bonds is 15. The minimum atomic E-state index is -0.861. The Hall–Kier alpha value is -4.66. The summed E-state index contributed by atoms with van der Waals surface area (Å²) < 4.78 is 76.0. The van der Waals surface area contributed by atoms with Crippen LogP contribution in [0.2, 0.25) is 0 Å². The minimum Gasteiger partial charge on any atom is -0.507 e. The Balaban J connectivity index is 0.971. The van der Waals surface area contributed by atoms with Crippen LogP contribution in [0.25, 0.3) is 0 Å². The van der Waals surface area contributed by atoms with Gasteiger partial charge in [-0.05, 0) is 113 Å². The summed E-state index contributed by atoms with van der Waals surface area (Å²) in [4.78, 5) is 10.7. The number of hydrogen-bond acceptors (Lipinski definition) is 16. The van der Waals surface area contributed by atoms with E-state index in [0.29, 0.717) is 24.3 Å². The Morgan fingerprint density at radius 2 is 0.885 bits per heavy atom. The number of aliphatic imine (C=N–C) groups is 2. The van der Waals surface area contributed by atoms with Gasteiger partial charge in [-0.25, -0.2) is 0 Å². The van der Waals surface area contributed by atoms with Gasteiger partial charge in [-0.3, -0.25) is 9.98 Å². The van der Waals surface area contributed by atoms with E-state index in [1.807, 2.05) is 140 Å². The number of hydrogen-bond donors (Lipinski definition) is 2. The zero-order valence-electron chi connectivity index (χ0n) is 47.7. The molecule has 0 bridgehead atoms. The molecule has 6 fully saturated rings. The smallest absolute Gasteiger partial charge is 0.190 e. The summed E-state index contributed by atoms with van der Waals surface area (Å²) >= 11 is 0. The standard InChI is InChI=1S/C62H80N2O14/c1-57(2,3)41-27-35(31-67-51-49(43-33-69-59(7,8)73-43)71-55-53(51)75-61(11,12)77-55)25-39(47(41)65)29-63-45(37-21-17-15-18-22-37)46(38-23-19-16-20-24-38)64-30-40-26-36(28-42(48(40)66)58(4,5)6)32-68-52-50(44-34-70-60(9,10)74-44)72-56-54(52)76-62(13,14)78-56/h15-30,43-46,49-56,65-66H,31-34H2,1-14H3/t43-,44-,45+,46+,49-,50+,51+,52-,53-,54+,55-,56+/m1/s1. The number of ether oxygens (including phenoxy) is 12. The van der Waals surface area contributed by atoms with Crippen LogP contribution >= 0.6 is 0 Å². The van der Waals surface area contributed by atoms with Crippen molar-refractivity contribution < 1.29 is 67.1 Å². The molecule has 6 heterocycles. The fourth-order valence-corrected chi connectivity index (χ4v) is 11.4. The summed E-state index contributed by atoms with van der Waals surface area (Å²) in [6.45, 7) is 28.4. The van der Waals surface area contributed by atoms with Crippen molar-refractivity contribution in [1.29, 1.82) is 0 Å². The fraction of sp³-hybridized carbons (Fsp3) is 0.581. The molecule has 0 aliphatic carbocycles. The molecule has 6 saturated heterocycles. The molecule has 422 valence electrons. The number of aromatic hydroxyl groups is 2. The van der Waals surface area contributed by atoms with Crippen LogP contribution in [0.3, 0.4) is 0 Å². The Morgan fingerprint density at radius 3 is 1.22 bits per heavy atom. The summed E-state index contributed by atoms with van der Waals surface area (Å²) in [5.41, 5.74) is 5.02. The average molecular weight is 1080 g/mol. The Labute approximate surface area is 459 Å². The van der Waals surface area contributed by atoms with Gasteiger partial charge in [-0.15, -0.1) is 0 Å². The molecule has 10 rings (SSSR count). The second-order valence-electron chi connectivity index (χ2n) is 25.4. The van der Waals surface area contributed by atoms with Gasteiger partial charge in [0, 0.05) is 34.7 Å². The predicted molar refractivity (Wildman–Crippen MR) is 292 cm³/mol. The molecular weight excluding hydrogens is 997 g/mol. The molecule has 0 aromatic heterocycles. The SMILES string of the molecule is CC1(C)O[C@@H]2O[C@@H]([C@H]3COC(C)(C)O3)[C@@H](OCc3cc(C=N[C@@H](c4ccccc4)[C@@H](N=Cc4cc(CO[C@@H]5[C@H]6OC(C)(C)O[C@H]6O[C@@H]5[C@H]5COC(C)(C)O5)cc(C(C)(C)C)c4O)c4ccccc4)c(O)c(C(C)(C)C)c3)[C@@H]2O1. The lowest BCUT2D eigenvalue weighted by molar-refractivity contribution is -0.236. The molecule has 0 unspecified atom stereocenters. The molecule has 6 aliphatic rings. The highest BCUT2D eigenvalue weighted by molar-refractivity contribution is 5.86. The monoisotopic (exact) mass is 1080 g/mol. The van der Waals surface area contributed by atoms with Gasteiger partial charge in [0.1, 0.15) is 72.4 Å². The second-order valence-corrected chi connectivity index (χ2v) is 25.4. The summed E-state index contributed by atoms with van der Waals surface area (Å²) in [5.74, 6) is -3.04. The van der Waals surface area contributed by atoms with Crippen LogP contribution in [0, 0.1) is 0 Å². The molecule has 12 atom stereocenters. The summed E-state index contributed by atoms with van der Waals surface area (Å²) in [5, 5.41) is 24.3. The largest absolute Gasteiger partial charge is 0.507 e. The van der Waals surface area contributed by atoms with Crippen LogP contribution in [-0.4, -0.2) is 120 Å². The minimum absolute atomic E-state index is 0.116. The molecule has 16 nitrogen and oxygen atoms in total. The number of fused-ring (bicyclic) bond motifs is 2. The van der Waals surface area contributed by atoms with Crippen molar-refractivity contribution in [2.75, 3.05) is 13.2 Å². The third kappa shape index (κ3) is 12.3.